The van der Waals surface area contributed by atoms with Gasteiger partial charge in [-0.1, -0.05) is 0 Å². The van der Waals surface area contributed by atoms with Gasteiger partial charge in [0.1, 0.15) is 0 Å². The van der Waals surface area contributed by atoms with Crippen molar-refractivity contribution in [2.75, 3.05) is 6.26 Å². The van der Waals surface area contributed by atoms with Gasteiger partial charge in [-0.3, -0.25) is 18.9 Å². The van der Waals surface area contributed by atoms with Crippen LogP contribution in [0.15, 0.2) is 23.1 Å². The quantitative estimate of drug-likeness (QED) is 0.508. The molecule has 12 heavy (non-hydrogen) atoms. The molecule has 6 heteroatoms. The van der Waals surface area contributed by atoms with Gasteiger partial charge in [-0.25, -0.2) is 0 Å². The second-order valence-corrected chi connectivity index (χ2v) is 2.75. The fourth-order valence-corrected chi connectivity index (χ4v) is 1.16. The lowest BCUT2D eigenvalue weighted by Crippen LogP contribution is -2.12. The van der Waals surface area contributed by atoms with Crippen molar-refractivity contribution in [3.05, 3.63) is 38.8 Å². The predicted octanol–water partition coefficient (Wildman–Crippen LogP) is 0.883. The monoisotopic (exact) mass is 186 g/mol. The summed E-state index contributed by atoms with van der Waals surface area (Å²) in [5.74, 6) is 0. The van der Waals surface area contributed by atoms with Gasteiger partial charge in [0, 0.05) is 18.4 Å². The van der Waals surface area contributed by atoms with Crippen molar-refractivity contribution in [2.24, 2.45) is 0 Å². The van der Waals surface area contributed by atoms with Gasteiger partial charge in [0.25, 0.3) is 11.2 Å². The first-order chi connectivity index (χ1) is 5.65. The van der Waals surface area contributed by atoms with E-state index in [1.165, 1.54) is 22.3 Å². The fraction of sp³-hybridized carbons (Fsp3) is 0.167. The third-order valence-electron chi connectivity index (χ3n) is 1.27. The summed E-state index contributed by atoms with van der Waals surface area (Å²) >= 11 is 1.13. The molecule has 0 aliphatic heterocycles. The van der Waals surface area contributed by atoms with E-state index >= 15 is 0 Å². The largest absolute Gasteiger partial charge is 0.286 e. The molecule has 0 atom stereocenters. The normalized spacial score (nSPS) is 9.75. The molecule has 5 nitrogen and oxygen atoms in total. The predicted molar refractivity (Wildman–Crippen MR) is 46.3 cm³/mol. The van der Waals surface area contributed by atoms with Gasteiger partial charge in [-0.05, 0) is 11.9 Å². The standard InChI is InChI=1S/C6H6N2O3S/c1-12-7-4-5(8(10)11)2-3-6(7)9/h2-4H,1H3. The lowest BCUT2D eigenvalue weighted by Gasteiger charge is -1.97. The number of rotatable bonds is 2. The number of hydrogen-bond donors (Lipinski definition) is 0. The molecule has 0 unspecified atom stereocenters. The van der Waals surface area contributed by atoms with Crippen LogP contribution in [-0.4, -0.2) is 15.2 Å². The Morgan fingerprint density at radius 3 is 2.75 bits per heavy atom. The minimum atomic E-state index is -0.536. The van der Waals surface area contributed by atoms with Crippen molar-refractivity contribution in [1.29, 1.82) is 0 Å². The molecule has 0 radical (unpaired) electrons. The molecule has 1 heterocycles. The van der Waals surface area contributed by atoms with Gasteiger partial charge < -0.3 is 0 Å². The highest BCUT2D eigenvalue weighted by Crippen LogP contribution is 2.08. The first kappa shape index (κ1) is 8.79. The second-order valence-electron chi connectivity index (χ2n) is 1.99. The van der Waals surface area contributed by atoms with E-state index in [2.05, 4.69) is 0 Å². The van der Waals surface area contributed by atoms with Crippen LogP contribution in [-0.2, 0) is 0 Å². The minimum absolute atomic E-state index is 0.0797. The van der Waals surface area contributed by atoms with Crippen LogP contribution in [0.3, 0.4) is 0 Å². The number of hydrogen-bond acceptors (Lipinski definition) is 4. The first-order valence-corrected chi connectivity index (χ1v) is 4.25. The van der Waals surface area contributed by atoms with Crippen LogP contribution in [0.2, 0.25) is 0 Å². The molecule has 0 fully saturated rings. The zero-order valence-corrected chi connectivity index (χ0v) is 7.08. The highest BCUT2D eigenvalue weighted by atomic mass is 32.2. The Balaban J connectivity index is 3.23. The fourth-order valence-electron chi connectivity index (χ4n) is 0.708. The number of nitro groups is 1. The lowest BCUT2D eigenvalue weighted by molar-refractivity contribution is -0.385. The molecule has 0 spiro atoms. The van der Waals surface area contributed by atoms with Crippen molar-refractivity contribution in [3.63, 3.8) is 0 Å². The molecule has 0 saturated carbocycles. The SMILES string of the molecule is CSn1cc([N+](=O)[O-])ccc1=O. The summed E-state index contributed by atoms with van der Waals surface area (Å²) in [7, 11) is 0. The summed E-state index contributed by atoms with van der Waals surface area (Å²) < 4.78 is 1.21. The third-order valence-corrected chi connectivity index (χ3v) is 1.95. The van der Waals surface area contributed by atoms with Crippen LogP contribution < -0.4 is 5.56 Å². The molecule has 0 bridgehead atoms. The van der Waals surface area contributed by atoms with Gasteiger partial charge >= 0.3 is 0 Å². The van der Waals surface area contributed by atoms with Crippen LogP contribution >= 0.6 is 11.9 Å². The lowest BCUT2D eigenvalue weighted by atomic mass is 10.4. The average Bonchev–Trinajstić information content (AvgIpc) is 2.05. The summed E-state index contributed by atoms with van der Waals surface area (Å²) in [6.07, 6.45) is 2.87. The van der Waals surface area contributed by atoms with Crippen molar-refractivity contribution < 1.29 is 4.92 Å². The van der Waals surface area contributed by atoms with Crippen LogP contribution in [0.25, 0.3) is 0 Å². The van der Waals surface area contributed by atoms with Crippen molar-refractivity contribution in [2.45, 2.75) is 0 Å². The van der Waals surface area contributed by atoms with Crippen molar-refractivity contribution >= 4 is 17.6 Å². The Bertz CT molecular complexity index is 360. The highest BCUT2D eigenvalue weighted by Gasteiger charge is 2.06. The van der Waals surface area contributed by atoms with E-state index in [-0.39, 0.29) is 11.2 Å². The number of aromatic nitrogens is 1. The Morgan fingerprint density at radius 2 is 2.25 bits per heavy atom. The summed E-state index contributed by atoms with van der Waals surface area (Å²) in [6, 6.07) is 2.36. The van der Waals surface area contributed by atoms with Crippen LogP contribution in [0.4, 0.5) is 5.69 Å². The summed E-state index contributed by atoms with van der Waals surface area (Å²) in [5, 5.41) is 10.3. The summed E-state index contributed by atoms with van der Waals surface area (Å²) in [6.45, 7) is 0. The van der Waals surface area contributed by atoms with E-state index in [1.54, 1.807) is 6.26 Å². The van der Waals surface area contributed by atoms with Crippen molar-refractivity contribution in [3.8, 4) is 0 Å². The molecule has 0 amide bonds. The van der Waals surface area contributed by atoms with E-state index in [1.807, 2.05) is 0 Å². The summed E-state index contributed by atoms with van der Waals surface area (Å²) in [4.78, 5) is 20.7. The second kappa shape index (κ2) is 3.40. The molecule has 1 aromatic rings. The van der Waals surface area contributed by atoms with Gasteiger partial charge in [0.2, 0.25) is 0 Å². The Morgan fingerprint density at radius 1 is 1.58 bits per heavy atom. The van der Waals surface area contributed by atoms with Crippen molar-refractivity contribution in [1.82, 2.24) is 3.97 Å². The minimum Gasteiger partial charge on any atom is -0.268 e. The Labute approximate surface area is 72.3 Å². The molecule has 0 aliphatic carbocycles. The zero-order valence-electron chi connectivity index (χ0n) is 6.26. The Kier molecular flexibility index (Phi) is 2.49. The van der Waals surface area contributed by atoms with Gasteiger partial charge in [0.15, 0.2) is 0 Å². The van der Waals surface area contributed by atoms with Crippen LogP contribution in [0.5, 0.6) is 0 Å². The third kappa shape index (κ3) is 1.65. The van der Waals surface area contributed by atoms with Gasteiger partial charge in [-0.15, -0.1) is 0 Å². The van der Waals surface area contributed by atoms with Gasteiger partial charge in [0.05, 0.1) is 11.1 Å². The van der Waals surface area contributed by atoms with Crippen LogP contribution in [0, 0.1) is 10.1 Å². The molecular formula is C6H6N2O3S. The molecule has 1 rings (SSSR count). The highest BCUT2D eigenvalue weighted by molar-refractivity contribution is 7.97. The topological polar surface area (TPSA) is 65.1 Å². The Hall–Kier alpha value is -1.30. The van der Waals surface area contributed by atoms with Crippen LogP contribution in [0.1, 0.15) is 0 Å². The molecule has 0 saturated heterocycles. The van der Waals surface area contributed by atoms with E-state index in [9.17, 15) is 14.9 Å². The maximum atomic E-state index is 10.9. The number of nitrogens with zero attached hydrogens (tertiary/aromatic N) is 2. The summed E-state index contributed by atoms with van der Waals surface area (Å²) in [5.41, 5.74) is -0.336. The molecule has 0 aliphatic rings. The number of pyridine rings is 1. The molecule has 0 aromatic carbocycles. The maximum Gasteiger partial charge on any atom is 0.286 e. The zero-order chi connectivity index (χ0) is 9.14. The van der Waals surface area contributed by atoms with E-state index in [0.29, 0.717) is 0 Å². The molecule has 1 aromatic heterocycles. The van der Waals surface area contributed by atoms with E-state index in [4.69, 9.17) is 0 Å². The first-order valence-electron chi connectivity index (χ1n) is 3.06. The van der Waals surface area contributed by atoms with E-state index < -0.39 is 4.92 Å². The molecule has 64 valence electrons. The van der Waals surface area contributed by atoms with E-state index in [0.717, 1.165) is 11.9 Å². The molecule has 0 N–H and O–H groups in total. The smallest absolute Gasteiger partial charge is 0.268 e. The average molecular weight is 186 g/mol. The molecular weight excluding hydrogens is 180 g/mol. The van der Waals surface area contributed by atoms with Gasteiger partial charge in [-0.2, -0.15) is 0 Å². The maximum absolute atomic E-state index is 10.9.